The molecule has 0 unspecified atom stereocenters. The normalized spacial score (nSPS) is 11.7. The summed E-state index contributed by atoms with van der Waals surface area (Å²) in [7, 11) is -4.35. The lowest BCUT2D eigenvalue weighted by Crippen LogP contribution is -2.38. The van der Waals surface area contributed by atoms with Crippen molar-refractivity contribution in [3.05, 3.63) is 82.3 Å². The van der Waals surface area contributed by atoms with Gasteiger partial charge in [0, 0.05) is 10.0 Å². The molecule has 35 heavy (non-hydrogen) atoms. The highest BCUT2D eigenvalue weighted by molar-refractivity contribution is 7.92. The zero-order chi connectivity index (χ0) is 25.8. The maximum Gasteiger partial charge on any atom is 0.418 e. The Morgan fingerprint density at radius 3 is 2.26 bits per heavy atom. The van der Waals surface area contributed by atoms with E-state index < -0.39 is 39.9 Å². The molecule has 0 atom stereocenters. The number of anilines is 2. The van der Waals surface area contributed by atoms with E-state index in [0.29, 0.717) is 11.1 Å². The van der Waals surface area contributed by atoms with Crippen LogP contribution in [0.1, 0.15) is 12.5 Å². The Balaban J connectivity index is 2.03. The van der Waals surface area contributed by atoms with Gasteiger partial charge in [-0.15, -0.1) is 0 Å². The molecule has 186 valence electrons. The van der Waals surface area contributed by atoms with Gasteiger partial charge < -0.3 is 10.1 Å². The van der Waals surface area contributed by atoms with Gasteiger partial charge in [0.25, 0.3) is 10.0 Å². The summed E-state index contributed by atoms with van der Waals surface area (Å²) < 4.78 is 73.6. The number of carbonyl (C=O) groups excluding carboxylic acids is 1. The molecule has 0 heterocycles. The monoisotopic (exact) mass is 546 g/mol. The highest BCUT2D eigenvalue weighted by Crippen LogP contribution is 2.37. The first kappa shape index (κ1) is 26.7. The van der Waals surface area contributed by atoms with Crippen molar-refractivity contribution in [2.45, 2.75) is 18.0 Å². The molecule has 0 saturated carbocycles. The number of amides is 1. The van der Waals surface area contributed by atoms with Crippen molar-refractivity contribution < 1.29 is 31.1 Å². The standard InChI is InChI=1S/C23H19Cl2F3N2O4S/c1-2-34-21-6-4-3-5-20(21)30(35(32,33)17-10-7-15(24)8-11-17)14-22(31)29-19-12-9-16(25)13-18(19)23(26,27)28/h3-13H,2,14H2,1H3,(H,29,31). The number of ether oxygens (including phenoxy) is 1. The van der Waals surface area contributed by atoms with Gasteiger partial charge in [-0.3, -0.25) is 9.10 Å². The maximum atomic E-state index is 13.5. The molecule has 1 N–H and O–H groups in total. The van der Waals surface area contributed by atoms with Crippen molar-refractivity contribution in [2.24, 2.45) is 0 Å². The molecule has 0 fully saturated rings. The maximum absolute atomic E-state index is 13.5. The number of nitrogens with zero attached hydrogens (tertiary/aromatic N) is 1. The fourth-order valence-corrected chi connectivity index (χ4v) is 4.88. The summed E-state index contributed by atoms with van der Waals surface area (Å²) in [6, 6.07) is 14.2. The lowest BCUT2D eigenvalue weighted by Gasteiger charge is -2.26. The highest BCUT2D eigenvalue weighted by Gasteiger charge is 2.35. The lowest BCUT2D eigenvalue weighted by atomic mass is 10.1. The van der Waals surface area contributed by atoms with Crippen molar-refractivity contribution in [2.75, 3.05) is 22.8 Å². The number of alkyl halides is 3. The average Bonchev–Trinajstić information content (AvgIpc) is 2.79. The summed E-state index contributed by atoms with van der Waals surface area (Å²) in [4.78, 5) is 12.7. The van der Waals surface area contributed by atoms with Crippen LogP contribution in [0.4, 0.5) is 24.5 Å². The number of benzene rings is 3. The highest BCUT2D eigenvalue weighted by atomic mass is 35.5. The number of rotatable bonds is 8. The zero-order valence-electron chi connectivity index (χ0n) is 18.1. The minimum atomic E-state index is -4.80. The van der Waals surface area contributed by atoms with Gasteiger partial charge in [-0.1, -0.05) is 35.3 Å². The Hall–Kier alpha value is -2.95. The first-order chi connectivity index (χ1) is 16.4. The van der Waals surface area contributed by atoms with Crippen LogP contribution in [0.15, 0.2) is 71.6 Å². The van der Waals surface area contributed by atoms with E-state index in [-0.39, 0.29) is 28.0 Å². The topological polar surface area (TPSA) is 75.7 Å². The Morgan fingerprint density at radius 2 is 1.63 bits per heavy atom. The molecular formula is C23H19Cl2F3N2O4S. The number of hydrogen-bond donors (Lipinski definition) is 1. The first-order valence-corrected chi connectivity index (χ1v) is 12.3. The third-order valence-corrected chi connectivity index (χ3v) is 6.94. The molecule has 3 aromatic rings. The fourth-order valence-electron chi connectivity index (χ4n) is 3.15. The number of hydrogen-bond acceptors (Lipinski definition) is 4. The average molecular weight is 547 g/mol. The largest absolute Gasteiger partial charge is 0.492 e. The minimum Gasteiger partial charge on any atom is -0.492 e. The Bertz CT molecular complexity index is 1320. The second-order valence-corrected chi connectivity index (χ2v) is 9.84. The van der Waals surface area contributed by atoms with Gasteiger partial charge >= 0.3 is 6.18 Å². The summed E-state index contributed by atoms with van der Waals surface area (Å²) in [5, 5.41) is 2.27. The number of nitrogens with one attached hydrogen (secondary N) is 1. The third kappa shape index (κ3) is 6.39. The molecule has 0 spiro atoms. The molecule has 3 rings (SSSR count). The summed E-state index contributed by atoms with van der Waals surface area (Å²) in [6.45, 7) is 1.06. The molecule has 3 aromatic carbocycles. The zero-order valence-corrected chi connectivity index (χ0v) is 20.5. The van der Waals surface area contributed by atoms with Crippen LogP contribution in [0, 0.1) is 0 Å². The van der Waals surface area contributed by atoms with Crippen molar-refractivity contribution in [1.82, 2.24) is 0 Å². The molecule has 0 bridgehead atoms. The summed E-state index contributed by atoms with van der Waals surface area (Å²) in [5.41, 5.74) is -1.69. The molecule has 0 saturated heterocycles. The van der Waals surface area contributed by atoms with Crippen LogP contribution in [0.5, 0.6) is 5.75 Å². The minimum absolute atomic E-state index is 0.0339. The first-order valence-electron chi connectivity index (χ1n) is 10.1. The number of para-hydroxylation sites is 2. The Morgan fingerprint density at radius 1 is 1.00 bits per heavy atom. The van der Waals surface area contributed by atoms with Crippen LogP contribution in [-0.2, 0) is 21.0 Å². The summed E-state index contributed by atoms with van der Waals surface area (Å²) >= 11 is 11.6. The molecule has 12 heteroatoms. The molecule has 0 aliphatic carbocycles. The smallest absolute Gasteiger partial charge is 0.418 e. The molecule has 0 radical (unpaired) electrons. The second kappa shape index (κ2) is 10.8. The molecule has 1 amide bonds. The van der Waals surface area contributed by atoms with Crippen LogP contribution in [0.25, 0.3) is 0 Å². The van der Waals surface area contributed by atoms with Gasteiger partial charge in [0.05, 0.1) is 28.4 Å². The molecule has 0 aliphatic rings. The van der Waals surface area contributed by atoms with E-state index in [0.717, 1.165) is 10.4 Å². The molecule has 6 nitrogen and oxygen atoms in total. The van der Waals surface area contributed by atoms with E-state index in [4.69, 9.17) is 27.9 Å². The van der Waals surface area contributed by atoms with Crippen molar-refractivity contribution in [3.63, 3.8) is 0 Å². The van der Waals surface area contributed by atoms with Gasteiger partial charge in [-0.05, 0) is 61.5 Å². The van der Waals surface area contributed by atoms with E-state index in [9.17, 15) is 26.4 Å². The predicted molar refractivity (Wildman–Crippen MR) is 129 cm³/mol. The van der Waals surface area contributed by atoms with Crippen molar-refractivity contribution in [1.29, 1.82) is 0 Å². The van der Waals surface area contributed by atoms with E-state index in [1.165, 1.54) is 42.5 Å². The van der Waals surface area contributed by atoms with Gasteiger partial charge in [0.1, 0.15) is 12.3 Å². The second-order valence-electron chi connectivity index (χ2n) is 7.10. The third-order valence-electron chi connectivity index (χ3n) is 4.68. The van der Waals surface area contributed by atoms with Gasteiger partial charge in [-0.2, -0.15) is 13.2 Å². The van der Waals surface area contributed by atoms with Crippen LogP contribution in [0.3, 0.4) is 0 Å². The van der Waals surface area contributed by atoms with E-state index >= 15 is 0 Å². The van der Waals surface area contributed by atoms with Gasteiger partial charge in [-0.25, -0.2) is 8.42 Å². The Labute approximate surface area is 210 Å². The van der Waals surface area contributed by atoms with Crippen molar-refractivity contribution in [3.8, 4) is 5.75 Å². The number of carbonyl (C=O) groups is 1. The van der Waals surface area contributed by atoms with Gasteiger partial charge in [0.2, 0.25) is 5.91 Å². The van der Waals surface area contributed by atoms with E-state index in [1.807, 2.05) is 0 Å². The van der Waals surface area contributed by atoms with Gasteiger partial charge in [0.15, 0.2) is 0 Å². The Kier molecular flexibility index (Phi) is 8.19. The lowest BCUT2D eigenvalue weighted by molar-refractivity contribution is -0.137. The SMILES string of the molecule is CCOc1ccccc1N(CC(=O)Nc1ccc(Cl)cc1C(F)(F)F)S(=O)(=O)c1ccc(Cl)cc1. The van der Waals surface area contributed by atoms with Crippen LogP contribution < -0.4 is 14.4 Å². The van der Waals surface area contributed by atoms with Crippen LogP contribution in [-0.4, -0.2) is 27.5 Å². The van der Waals surface area contributed by atoms with Crippen LogP contribution >= 0.6 is 23.2 Å². The number of halogens is 5. The predicted octanol–water partition coefficient (Wildman–Crippen LogP) is 6.24. The van der Waals surface area contributed by atoms with E-state index in [2.05, 4.69) is 5.32 Å². The quantitative estimate of drug-likeness (QED) is 0.362. The van der Waals surface area contributed by atoms with Crippen molar-refractivity contribution >= 4 is 50.5 Å². The fraction of sp³-hybridized carbons (Fsp3) is 0.174. The van der Waals surface area contributed by atoms with E-state index in [1.54, 1.807) is 19.1 Å². The molecule has 0 aliphatic heterocycles. The van der Waals surface area contributed by atoms with Crippen LogP contribution in [0.2, 0.25) is 10.0 Å². The number of sulfonamides is 1. The molecular weight excluding hydrogens is 528 g/mol. The summed E-state index contributed by atoms with van der Waals surface area (Å²) in [5.74, 6) is -0.843. The summed E-state index contributed by atoms with van der Waals surface area (Å²) in [6.07, 6.45) is -4.80. The molecule has 0 aromatic heterocycles.